The molecule has 0 saturated heterocycles. The van der Waals surface area contributed by atoms with Gasteiger partial charge in [-0.05, 0) is 51.4 Å². The lowest BCUT2D eigenvalue weighted by molar-refractivity contribution is -0.0165. The van der Waals surface area contributed by atoms with Crippen LogP contribution in [-0.2, 0) is 11.2 Å². The van der Waals surface area contributed by atoms with Crippen molar-refractivity contribution < 1.29 is 14.2 Å². The highest BCUT2D eigenvalue weighted by Crippen LogP contribution is 2.36. The van der Waals surface area contributed by atoms with Crippen LogP contribution >= 0.6 is 11.6 Å². The van der Waals surface area contributed by atoms with Crippen LogP contribution in [0.3, 0.4) is 0 Å². The molecule has 0 aliphatic carbocycles. The second-order valence-corrected chi connectivity index (χ2v) is 5.86. The third-order valence-corrected chi connectivity index (χ3v) is 2.87. The fraction of sp³-hybridized carbons (Fsp3) is 0.600. The minimum Gasteiger partial charge on any atom is -0.493 e. The molecule has 1 aromatic rings. The molecule has 0 radical (unpaired) electrons. The molecule has 0 unspecified atom stereocenters. The lowest BCUT2D eigenvalue weighted by Gasteiger charge is -2.20. The first-order chi connectivity index (χ1) is 9.37. The highest BCUT2D eigenvalue weighted by Gasteiger charge is 2.13. The minimum atomic E-state index is -0.178. The molecule has 114 valence electrons. The molecule has 0 aromatic heterocycles. The van der Waals surface area contributed by atoms with Gasteiger partial charge < -0.3 is 19.9 Å². The van der Waals surface area contributed by atoms with Crippen molar-refractivity contribution in [2.75, 3.05) is 26.9 Å². The van der Waals surface area contributed by atoms with E-state index < -0.39 is 0 Å². The van der Waals surface area contributed by atoms with Gasteiger partial charge >= 0.3 is 0 Å². The topological polar surface area (TPSA) is 53.7 Å². The van der Waals surface area contributed by atoms with Crippen LogP contribution < -0.4 is 15.2 Å². The summed E-state index contributed by atoms with van der Waals surface area (Å²) in [6.07, 6.45) is 0.753. The van der Waals surface area contributed by atoms with Crippen LogP contribution in [-0.4, -0.2) is 32.5 Å². The van der Waals surface area contributed by atoms with Crippen LogP contribution in [0.5, 0.6) is 11.5 Å². The summed E-state index contributed by atoms with van der Waals surface area (Å²) < 4.78 is 16.6. The Morgan fingerprint density at radius 1 is 1.20 bits per heavy atom. The van der Waals surface area contributed by atoms with Crippen LogP contribution in [0.2, 0.25) is 5.02 Å². The molecule has 0 atom stereocenters. The van der Waals surface area contributed by atoms with Crippen LogP contribution in [0.1, 0.15) is 26.3 Å². The maximum atomic E-state index is 6.23. The van der Waals surface area contributed by atoms with Crippen molar-refractivity contribution in [1.29, 1.82) is 0 Å². The lowest BCUT2D eigenvalue weighted by atomic mass is 10.1. The molecule has 0 saturated carbocycles. The summed E-state index contributed by atoms with van der Waals surface area (Å²) in [7, 11) is 1.59. The van der Waals surface area contributed by atoms with E-state index in [-0.39, 0.29) is 5.60 Å². The van der Waals surface area contributed by atoms with E-state index >= 15 is 0 Å². The smallest absolute Gasteiger partial charge is 0.179 e. The molecule has 1 aromatic carbocycles. The Morgan fingerprint density at radius 3 is 2.45 bits per heavy atom. The van der Waals surface area contributed by atoms with E-state index in [0.717, 1.165) is 12.0 Å². The average Bonchev–Trinajstić information content (AvgIpc) is 2.35. The van der Waals surface area contributed by atoms with Crippen molar-refractivity contribution >= 4 is 11.6 Å². The predicted octanol–water partition coefficient (Wildman–Crippen LogP) is 3.04. The summed E-state index contributed by atoms with van der Waals surface area (Å²) in [6, 6.07) is 3.76. The normalized spacial score (nSPS) is 11.5. The second kappa shape index (κ2) is 7.72. The van der Waals surface area contributed by atoms with E-state index in [9.17, 15) is 0 Å². The zero-order chi connectivity index (χ0) is 15.2. The van der Waals surface area contributed by atoms with E-state index in [0.29, 0.717) is 36.3 Å². The predicted molar refractivity (Wildman–Crippen MR) is 82.0 cm³/mol. The molecular formula is C15H24ClNO3. The molecular weight excluding hydrogens is 278 g/mol. The van der Waals surface area contributed by atoms with Crippen molar-refractivity contribution in [3.05, 3.63) is 22.7 Å². The number of rotatable bonds is 7. The van der Waals surface area contributed by atoms with Crippen LogP contribution in [0.4, 0.5) is 0 Å². The summed E-state index contributed by atoms with van der Waals surface area (Å²) in [6.45, 7) is 7.49. The van der Waals surface area contributed by atoms with Gasteiger partial charge in [-0.2, -0.15) is 0 Å². The Balaban J connectivity index is 2.69. The summed E-state index contributed by atoms with van der Waals surface area (Å²) >= 11 is 6.23. The molecule has 2 N–H and O–H groups in total. The number of nitrogens with two attached hydrogens (primary N) is 1. The maximum Gasteiger partial charge on any atom is 0.179 e. The fourth-order valence-electron chi connectivity index (χ4n) is 1.72. The molecule has 0 aliphatic rings. The van der Waals surface area contributed by atoms with Crippen molar-refractivity contribution in [1.82, 2.24) is 0 Å². The lowest BCUT2D eigenvalue weighted by Crippen LogP contribution is -2.22. The van der Waals surface area contributed by atoms with Gasteiger partial charge in [0.15, 0.2) is 11.5 Å². The minimum absolute atomic E-state index is 0.178. The molecule has 0 spiro atoms. The number of hydrogen-bond donors (Lipinski definition) is 1. The Kier molecular flexibility index (Phi) is 6.59. The van der Waals surface area contributed by atoms with Crippen LogP contribution in [0, 0.1) is 0 Å². The van der Waals surface area contributed by atoms with Gasteiger partial charge in [0.05, 0.1) is 24.3 Å². The Labute approximate surface area is 126 Å². The van der Waals surface area contributed by atoms with E-state index in [1.807, 2.05) is 32.9 Å². The highest BCUT2D eigenvalue weighted by molar-refractivity contribution is 6.32. The molecule has 5 heteroatoms. The molecule has 0 heterocycles. The second-order valence-electron chi connectivity index (χ2n) is 5.46. The number of hydrogen-bond acceptors (Lipinski definition) is 4. The zero-order valence-electron chi connectivity index (χ0n) is 12.7. The maximum absolute atomic E-state index is 6.23. The Bertz CT molecular complexity index is 430. The summed E-state index contributed by atoms with van der Waals surface area (Å²) in [5, 5.41) is 0.531. The van der Waals surface area contributed by atoms with Crippen molar-refractivity contribution in [2.24, 2.45) is 5.73 Å². The quantitative estimate of drug-likeness (QED) is 0.787. The molecule has 0 aliphatic heterocycles. The molecule has 0 fully saturated rings. The van der Waals surface area contributed by atoms with E-state index in [2.05, 4.69) is 0 Å². The summed E-state index contributed by atoms with van der Waals surface area (Å²) in [5.74, 6) is 1.17. The molecule has 0 bridgehead atoms. The highest BCUT2D eigenvalue weighted by atomic mass is 35.5. The molecule has 4 nitrogen and oxygen atoms in total. The van der Waals surface area contributed by atoms with Crippen molar-refractivity contribution in [3.63, 3.8) is 0 Å². The molecule has 1 rings (SSSR count). The number of benzene rings is 1. The standard InChI is InChI=1S/C15H24ClNO3/c1-15(2,3)20-8-7-19-14-12(16)9-11(5-6-17)10-13(14)18-4/h9-10H,5-8,17H2,1-4H3. The van der Waals surface area contributed by atoms with Crippen LogP contribution in [0.15, 0.2) is 12.1 Å². The fourth-order valence-corrected chi connectivity index (χ4v) is 2.00. The van der Waals surface area contributed by atoms with Gasteiger partial charge in [0.2, 0.25) is 0 Å². The zero-order valence-corrected chi connectivity index (χ0v) is 13.4. The first kappa shape index (κ1) is 17.1. The number of ether oxygens (including phenoxy) is 3. The summed E-state index contributed by atoms with van der Waals surface area (Å²) in [4.78, 5) is 0. The van der Waals surface area contributed by atoms with Gasteiger partial charge in [0, 0.05) is 0 Å². The first-order valence-corrected chi connectivity index (χ1v) is 7.08. The number of methoxy groups -OCH3 is 1. The Hall–Kier alpha value is -0.970. The summed E-state index contributed by atoms with van der Waals surface area (Å²) in [5.41, 5.74) is 6.40. The van der Waals surface area contributed by atoms with E-state index in [1.165, 1.54) is 0 Å². The largest absolute Gasteiger partial charge is 0.493 e. The van der Waals surface area contributed by atoms with Crippen molar-refractivity contribution in [3.8, 4) is 11.5 Å². The molecule has 20 heavy (non-hydrogen) atoms. The monoisotopic (exact) mass is 301 g/mol. The SMILES string of the molecule is COc1cc(CCN)cc(Cl)c1OCCOC(C)(C)C. The third-order valence-electron chi connectivity index (χ3n) is 2.59. The van der Waals surface area contributed by atoms with Gasteiger partial charge in [-0.1, -0.05) is 11.6 Å². The van der Waals surface area contributed by atoms with Gasteiger partial charge in [0.1, 0.15) is 6.61 Å². The average molecular weight is 302 g/mol. The van der Waals surface area contributed by atoms with E-state index in [1.54, 1.807) is 7.11 Å². The van der Waals surface area contributed by atoms with Gasteiger partial charge in [-0.25, -0.2) is 0 Å². The van der Waals surface area contributed by atoms with Gasteiger partial charge in [-0.15, -0.1) is 0 Å². The van der Waals surface area contributed by atoms with Crippen molar-refractivity contribution in [2.45, 2.75) is 32.8 Å². The van der Waals surface area contributed by atoms with E-state index in [4.69, 9.17) is 31.5 Å². The first-order valence-electron chi connectivity index (χ1n) is 6.70. The van der Waals surface area contributed by atoms with Gasteiger partial charge in [-0.3, -0.25) is 0 Å². The van der Waals surface area contributed by atoms with Crippen LogP contribution in [0.25, 0.3) is 0 Å². The molecule has 0 amide bonds. The Morgan fingerprint density at radius 2 is 1.90 bits per heavy atom. The number of halogens is 1. The third kappa shape index (κ3) is 5.57. The van der Waals surface area contributed by atoms with Gasteiger partial charge in [0.25, 0.3) is 0 Å².